The maximum atomic E-state index is 12.4. The molecule has 0 saturated heterocycles. The van der Waals surface area contributed by atoms with E-state index in [0.717, 1.165) is 18.7 Å². The molecule has 0 aliphatic heterocycles. The van der Waals surface area contributed by atoms with Crippen LogP contribution >= 0.6 is 0 Å². The zero-order chi connectivity index (χ0) is 21.4. The van der Waals surface area contributed by atoms with Crippen LogP contribution in [0.3, 0.4) is 0 Å². The van der Waals surface area contributed by atoms with Crippen LogP contribution in [-0.2, 0) is 10.2 Å². The fourth-order valence-electron chi connectivity index (χ4n) is 3.43. The average molecular weight is 393 g/mol. The second-order valence-corrected chi connectivity index (χ2v) is 8.60. The SMILES string of the molecule is CCN(CC)C(CNC(=O)C=Cc1ccc(C)cc1)c1ccc(C(C)(C)C)cc1. The highest BCUT2D eigenvalue weighted by molar-refractivity contribution is 5.91. The topological polar surface area (TPSA) is 32.3 Å². The molecule has 0 radical (unpaired) electrons. The first kappa shape index (κ1) is 22.9. The van der Waals surface area contributed by atoms with Crippen LogP contribution in [0.25, 0.3) is 6.08 Å². The molecule has 156 valence electrons. The molecule has 1 amide bonds. The molecule has 0 bridgehead atoms. The number of nitrogens with one attached hydrogen (secondary N) is 1. The Bertz CT molecular complexity index is 794. The third-order valence-electron chi connectivity index (χ3n) is 5.39. The number of hydrogen-bond donors (Lipinski definition) is 1. The van der Waals surface area contributed by atoms with Gasteiger partial charge in [0.1, 0.15) is 0 Å². The lowest BCUT2D eigenvalue weighted by molar-refractivity contribution is -0.116. The first-order chi connectivity index (χ1) is 13.7. The maximum absolute atomic E-state index is 12.4. The van der Waals surface area contributed by atoms with Crippen LogP contribution in [0.15, 0.2) is 54.6 Å². The van der Waals surface area contributed by atoms with Crippen LogP contribution in [0.2, 0.25) is 0 Å². The van der Waals surface area contributed by atoms with Crippen molar-refractivity contribution in [3.8, 4) is 0 Å². The molecule has 29 heavy (non-hydrogen) atoms. The van der Waals surface area contributed by atoms with Crippen molar-refractivity contribution in [3.05, 3.63) is 76.9 Å². The molecule has 0 aromatic heterocycles. The van der Waals surface area contributed by atoms with E-state index in [0.29, 0.717) is 6.54 Å². The van der Waals surface area contributed by atoms with Gasteiger partial charge in [-0.05, 0) is 48.2 Å². The molecule has 0 aliphatic rings. The van der Waals surface area contributed by atoms with E-state index in [-0.39, 0.29) is 17.4 Å². The molecule has 0 fully saturated rings. The van der Waals surface area contributed by atoms with Gasteiger partial charge in [-0.2, -0.15) is 0 Å². The number of carbonyl (C=O) groups excluding carboxylic acids is 1. The van der Waals surface area contributed by atoms with Gasteiger partial charge in [-0.15, -0.1) is 0 Å². The van der Waals surface area contributed by atoms with Crippen LogP contribution in [0.1, 0.15) is 62.9 Å². The number of nitrogens with zero attached hydrogens (tertiary/aromatic N) is 1. The molecule has 2 rings (SSSR count). The maximum Gasteiger partial charge on any atom is 0.244 e. The van der Waals surface area contributed by atoms with Crippen LogP contribution in [-0.4, -0.2) is 30.4 Å². The minimum Gasteiger partial charge on any atom is -0.351 e. The fraction of sp³-hybridized carbons (Fsp3) is 0.423. The molecule has 2 aromatic rings. The summed E-state index contributed by atoms with van der Waals surface area (Å²) in [7, 11) is 0. The number of amides is 1. The van der Waals surface area contributed by atoms with E-state index < -0.39 is 0 Å². The van der Waals surface area contributed by atoms with Gasteiger partial charge in [-0.1, -0.05) is 88.7 Å². The van der Waals surface area contributed by atoms with E-state index in [1.54, 1.807) is 6.08 Å². The Balaban J connectivity index is 2.08. The number of aryl methyl sites for hydroxylation is 1. The van der Waals surface area contributed by atoms with Gasteiger partial charge in [0, 0.05) is 12.6 Å². The summed E-state index contributed by atoms with van der Waals surface area (Å²) in [5.74, 6) is -0.0611. The predicted molar refractivity (Wildman–Crippen MR) is 124 cm³/mol. The van der Waals surface area contributed by atoms with Gasteiger partial charge in [0.15, 0.2) is 0 Å². The first-order valence-corrected chi connectivity index (χ1v) is 10.6. The van der Waals surface area contributed by atoms with Crippen LogP contribution < -0.4 is 5.32 Å². The summed E-state index contributed by atoms with van der Waals surface area (Å²) in [6, 6.07) is 17.1. The zero-order valence-electron chi connectivity index (χ0n) is 18.8. The molecular weight excluding hydrogens is 356 g/mol. The number of hydrogen-bond acceptors (Lipinski definition) is 2. The minimum atomic E-state index is -0.0611. The van der Waals surface area contributed by atoms with E-state index in [1.165, 1.54) is 16.7 Å². The second kappa shape index (κ2) is 10.4. The van der Waals surface area contributed by atoms with Crippen molar-refractivity contribution in [3.63, 3.8) is 0 Å². The number of rotatable bonds is 8. The third kappa shape index (κ3) is 6.86. The lowest BCUT2D eigenvalue weighted by Crippen LogP contribution is -2.37. The summed E-state index contributed by atoms with van der Waals surface area (Å²) in [5.41, 5.74) is 4.95. The summed E-state index contributed by atoms with van der Waals surface area (Å²) in [6.45, 7) is 15.5. The van der Waals surface area contributed by atoms with Crippen molar-refractivity contribution in [2.45, 2.75) is 53.0 Å². The summed E-state index contributed by atoms with van der Waals surface area (Å²) in [5, 5.41) is 3.09. The molecule has 0 spiro atoms. The smallest absolute Gasteiger partial charge is 0.244 e. The lowest BCUT2D eigenvalue weighted by atomic mass is 9.86. The fourth-order valence-corrected chi connectivity index (χ4v) is 3.43. The molecule has 0 aliphatic carbocycles. The van der Waals surface area contributed by atoms with Gasteiger partial charge in [-0.25, -0.2) is 0 Å². The van der Waals surface area contributed by atoms with Crippen LogP contribution in [0.4, 0.5) is 0 Å². The molecular formula is C26H36N2O. The normalized spacial score (nSPS) is 13.1. The van der Waals surface area contributed by atoms with Gasteiger partial charge in [-0.3, -0.25) is 9.69 Å². The highest BCUT2D eigenvalue weighted by Gasteiger charge is 2.20. The Kier molecular flexibility index (Phi) is 8.21. The number of benzene rings is 2. The average Bonchev–Trinajstić information content (AvgIpc) is 2.70. The van der Waals surface area contributed by atoms with Gasteiger partial charge in [0.05, 0.1) is 6.04 Å². The summed E-state index contributed by atoms with van der Waals surface area (Å²) >= 11 is 0. The second-order valence-electron chi connectivity index (χ2n) is 8.60. The van der Waals surface area contributed by atoms with Crippen molar-refractivity contribution in [1.82, 2.24) is 10.2 Å². The van der Waals surface area contributed by atoms with Crippen molar-refractivity contribution in [2.75, 3.05) is 19.6 Å². The van der Waals surface area contributed by atoms with E-state index in [4.69, 9.17) is 0 Å². The molecule has 1 unspecified atom stereocenters. The van der Waals surface area contributed by atoms with Crippen molar-refractivity contribution in [1.29, 1.82) is 0 Å². The molecule has 3 heteroatoms. The first-order valence-electron chi connectivity index (χ1n) is 10.6. The largest absolute Gasteiger partial charge is 0.351 e. The lowest BCUT2D eigenvalue weighted by Gasteiger charge is -2.30. The van der Waals surface area contributed by atoms with Crippen LogP contribution in [0.5, 0.6) is 0 Å². The summed E-state index contributed by atoms with van der Waals surface area (Å²) in [4.78, 5) is 14.8. The quantitative estimate of drug-likeness (QED) is 0.601. The molecule has 0 heterocycles. The van der Waals surface area contributed by atoms with Crippen LogP contribution in [0, 0.1) is 6.92 Å². The summed E-state index contributed by atoms with van der Waals surface area (Å²) in [6.07, 6.45) is 3.48. The van der Waals surface area contributed by atoms with Crippen molar-refractivity contribution >= 4 is 12.0 Å². The van der Waals surface area contributed by atoms with E-state index >= 15 is 0 Å². The van der Waals surface area contributed by atoms with Crippen molar-refractivity contribution in [2.24, 2.45) is 0 Å². The van der Waals surface area contributed by atoms with Crippen molar-refractivity contribution < 1.29 is 4.79 Å². The predicted octanol–water partition coefficient (Wildman–Crippen LogP) is 5.51. The van der Waals surface area contributed by atoms with Gasteiger partial charge >= 0.3 is 0 Å². The third-order valence-corrected chi connectivity index (χ3v) is 5.39. The Morgan fingerprint density at radius 1 is 1.00 bits per heavy atom. The molecule has 0 saturated carbocycles. The Morgan fingerprint density at radius 2 is 1.59 bits per heavy atom. The minimum absolute atomic E-state index is 0.0611. The highest BCUT2D eigenvalue weighted by Crippen LogP contribution is 2.26. The Morgan fingerprint density at radius 3 is 2.10 bits per heavy atom. The molecule has 1 atom stereocenters. The van der Waals surface area contributed by atoms with E-state index in [1.807, 2.05) is 18.2 Å². The molecule has 2 aromatic carbocycles. The van der Waals surface area contributed by atoms with E-state index in [2.05, 4.69) is 88.2 Å². The highest BCUT2D eigenvalue weighted by atomic mass is 16.1. The Labute approximate surface area is 176 Å². The monoisotopic (exact) mass is 392 g/mol. The summed E-state index contributed by atoms with van der Waals surface area (Å²) < 4.78 is 0. The van der Waals surface area contributed by atoms with Gasteiger partial charge in [0.25, 0.3) is 0 Å². The molecule has 3 nitrogen and oxygen atoms in total. The standard InChI is InChI=1S/C26H36N2O/c1-7-28(8-2)24(22-14-16-23(17-15-22)26(4,5)6)19-27-25(29)18-13-21-11-9-20(3)10-12-21/h9-18,24H,7-8,19H2,1-6H3,(H,27,29). The number of likely N-dealkylation sites (N-methyl/N-ethyl adjacent to an activating group) is 1. The molecule has 1 N–H and O–H groups in total. The number of carbonyl (C=O) groups is 1. The zero-order valence-corrected chi connectivity index (χ0v) is 18.8. The Hall–Kier alpha value is -2.39. The van der Waals surface area contributed by atoms with E-state index in [9.17, 15) is 4.79 Å². The van der Waals surface area contributed by atoms with Gasteiger partial charge in [0.2, 0.25) is 5.91 Å². The van der Waals surface area contributed by atoms with Gasteiger partial charge < -0.3 is 5.32 Å².